The third-order valence-electron chi connectivity index (χ3n) is 4.94. The van der Waals surface area contributed by atoms with E-state index in [2.05, 4.69) is 13.8 Å². The molecule has 0 radical (unpaired) electrons. The Hall–Kier alpha value is -2.14. The minimum absolute atomic E-state index is 0.0641. The fourth-order valence-electron chi connectivity index (χ4n) is 3.69. The average Bonchev–Trinajstić information content (AvgIpc) is 2.88. The summed E-state index contributed by atoms with van der Waals surface area (Å²) in [6, 6.07) is 9.15. The van der Waals surface area contributed by atoms with E-state index in [0.29, 0.717) is 28.2 Å². The van der Waals surface area contributed by atoms with Gasteiger partial charge in [0.1, 0.15) is 5.37 Å². The monoisotopic (exact) mass is 352 g/mol. The molecular weight excluding hydrogens is 332 g/mol. The SMILES string of the molecule is CC1(C)CC(=O)C2=CC3C(N)=C(C(=O)c4ccccc4)SC3N=C2C1. The number of hydrogen-bond donors (Lipinski definition) is 1. The summed E-state index contributed by atoms with van der Waals surface area (Å²) in [6.07, 6.45) is 3.26. The number of nitrogens with two attached hydrogens (primary N) is 1. The molecule has 1 aromatic rings. The van der Waals surface area contributed by atoms with Crippen molar-refractivity contribution in [1.82, 2.24) is 0 Å². The van der Waals surface area contributed by atoms with Crippen molar-refractivity contribution in [3.8, 4) is 0 Å². The summed E-state index contributed by atoms with van der Waals surface area (Å²) in [5.41, 5.74) is 8.98. The number of Topliss-reactive ketones (excluding diaryl/α,β-unsaturated/α-hetero) is 2. The van der Waals surface area contributed by atoms with Gasteiger partial charge in [0, 0.05) is 29.0 Å². The van der Waals surface area contributed by atoms with Gasteiger partial charge in [-0.2, -0.15) is 0 Å². The van der Waals surface area contributed by atoms with Crippen molar-refractivity contribution in [1.29, 1.82) is 0 Å². The quantitative estimate of drug-likeness (QED) is 0.827. The molecule has 128 valence electrons. The summed E-state index contributed by atoms with van der Waals surface area (Å²) in [6.45, 7) is 4.18. The topological polar surface area (TPSA) is 72.5 Å². The van der Waals surface area contributed by atoms with Crippen LogP contribution in [0.15, 0.2) is 57.6 Å². The van der Waals surface area contributed by atoms with Gasteiger partial charge in [-0.05, 0) is 11.8 Å². The molecule has 4 nitrogen and oxygen atoms in total. The Morgan fingerprint density at radius 2 is 1.96 bits per heavy atom. The molecule has 0 spiro atoms. The van der Waals surface area contributed by atoms with Gasteiger partial charge in [0.2, 0.25) is 5.78 Å². The van der Waals surface area contributed by atoms with E-state index in [1.165, 1.54) is 11.8 Å². The number of nitrogens with zero attached hydrogens (tertiary/aromatic N) is 1. The van der Waals surface area contributed by atoms with Crippen LogP contribution in [0.2, 0.25) is 0 Å². The van der Waals surface area contributed by atoms with Crippen LogP contribution < -0.4 is 5.73 Å². The molecule has 2 N–H and O–H groups in total. The lowest BCUT2D eigenvalue weighted by Gasteiger charge is -2.34. The molecule has 0 amide bonds. The number of carbonyl (C=O) groups excluding carboxylic acids is 2. The molecule has 1 saturated carbocycles. The Morgan fingerprint density at radius 1 is 1.24 bits per heavy atom. The van der Waals surface area contributed by atoms with E-state index in [9.17, 15) is 9.59 Å². The smallest absolute Gasteiger partial charge is 0.201 e. The molecule has 4 rings (SSSR count). The second-order valence-electron chi connectivity index (χ2n) is 7.61. The molecule has 25 heavy (non-hydrogen) atoms. The maximum absolute atomic E-state index is 12.8. The molecule has 1 aliphatic carbocycles. The lowest BCUT2D eigenvalue weighted by molar-refractivity contribution is -0.117. The van der Waals surface area contributed by atoms with Gasteiger partial charge in [0.25, 0.3) is 0 Å². The standard InChI is InChI=1S/C20H20N2O2S/c1-20(2)9-14-12(15(23)10-20)8-13-16(21)18(25-19(13)22-14)17(24)11-6-4-3-5-7-11/h3-8,13,19H,9-10,21H2,1-2H3. The zero-order valence-electron chi connectivity index (χ0n) is 14.3. The first-order chi connectivity index (χ1) is 11.9. The lowest BCUT2D eigenvalue weighted by Crippen LogP contribution is -2.36. The molecule has 0 bridgehead atoms. The van der Waals surface area contributed by atoms with Crippen LogP contribution in [0.25, 0.3) is 0 Å². The second kappa shape index (κ2) is 5.70. The van der Waals surface area contributed by atoms with Crippen molar-refractivity contribution >= 4 is 29.0 Å². The maximum atomic E-state index is 12.8. The fourth-order valence-corrected chi connectivity index (χ4v) is 4.98. The van der Waals surface area contributed by atoms with Crippen LogP contribution in [0.4, 0.5) is 0 Å². The summed E-state index contributed by atoms with van der Waals surface area (Å²) in [4.78, 5) is 30.7. The van der Waals surface area contributed by atoms with Crippen LogP contribution in [0, 0.1) is 11.3 Å². The predicted molar refractivity (Wildman–Crippen MR) is 100 cm³/mol. The van der Waals surface area contributed by atoms with Crippen LogP contribution in [0.3, 0.4) is 0 Å². The molecule has 1 aromatic carbocycles. The molecule has 0 saturated heterocycles. The van der Waals surface area contributed by atoms with Crippen molar-refractivity contribution < 1.29 is 9.59 Å². The zero-order chi connectivity index (χ0) is 17.8. The van der Waals surface area contributed by atoms with Crippen LogP contribution in [-0.4, -0.2) is 22.7 Å². The van der Waals surface area contributed by atoms with E-state index < -0.39 is 0 Å². The summed E-state index contributed by atoms with van der Waals surface area (Å²) in [7, 11) is 0. The largest absolute Gasteiger partial charge is 0.400 e. The summed E-state index contributed by atoms with van der Waals surface area (Å²) in [5.74, 6) is -0.101. The van der Waals surface area contributed by atoms with Crippen molar-refractivity contribution in [2.45, 2.75) is 32.1 Å². The number of dihydropyridines is 1. The molecule has 2 heterocycles. The molecule has 2 aliphatic heterocycles. The third kappa shape index (κ3) is 2.76. The van der Waals surface area contributed by atoms with Crippen molar-refractivity contribution in [3.05, 3.63) is 58.1 Å². The number of aliphatic imine (C=N–C) groups is 1. The van der Waals surface area contributed by atoms with Crippen molar-refractivity contribution in [3.63, 3.8) is 0 Å². The first kappa shape index (κ1) is 16.3. The van der Waals surface area contributed by atoms with Crippen LogP contribution in [0.5, 0.6) is 0 Å². The van der Waals surface area contributed by atoms with Crippen molar-refractivity contribution in [2.24, 2.45) is 22.1 Å². The molecule has 1 fully saturated rings. The van der Waals surface area contributed by atoms with Crippen LogP contribution >= 0.6 is 11.8 Å². The van der Waals surface area contributed by atoms with Crippen LogP contribution in [-0.2, 0) is 4.79 Å². The molecular formula is C20H20N2O2S. The molecule has 2 unspecified atom stereocenters. The minimum Gasteiger partial charge on any atom is -0.400 e. The normalized spacial score (nSPS) is 27.4. The number of fused-ring (bicyclic) bond motifs is 2. The lowest BCUT2D eigenvalue weighted by atomic mass is 9.72. The molecule has 2 atom stereocenters. The summed E-state index contributed by atoms with van der Waals surface area (Å²) < 4.78 is 0. The minimum atomic E-state index is -0.170. The third-order valence-corrected chi connectivity index (χ3v) is 6.23. The molecule has 0 aromatic heterocycles. The number of ketones is 2. The highest BCUT2D eigenvalue weighted by atomic mass is 32.2. The Balaban J connectivity index is 1.68. The molecule has 3 aliphatic rings. The number of carbonyl (C=O) groups is 2. The van der Waals surface area contributed by atoms with E-state index in [1.807, 2.05) is 24.3 Å². The summed E-state index contributed by atoms with van der Waals surface area (Å²) in [5, 5.41) is -0.136. The number of benzene rings is 1. The highest BCUT2D eigenvalue weighted by Gasteiger charge is 2.43. The highest BCUT2D eigenvalue weighted by molar-refractivity contribution is 8.04. The van der Waals surface area contributed by atoms with Crippen molar-refractivity contribution in [2.75, 3.05) is 0 Å². The zero-order valence-corrected chi connectivity index (χ0v) is 15.1. The van der Waals surface area contributed by atoms with Gasteiger partial charge in [-0.25, -0.2) is 0 Å². The Labute approximate surface area is 151 Å². The van der Waals surface area contributed by atoms with E-state index >= 15 is 0 Å². The van der Waals surface area contributed by atoms with Gasteiger partial charge in [0.15, 0.2) is 5.78 Å². The number of thioether (sulfide) groups is 1. The molecule has 5 heteroatoms. The van der Waals surface area contributed by atoms with Gasteiger partial charge in [-0.3, -0.25) is 14.6 Å². The van der Waals surface area contributed by atoms with E-state index in [0.717, 1.165) is 12.1 Å². The van der Waals surface area contributed by atoms with Crippen LogP contribution in [0.1, 0.15) is 37.0 Å². The van der Waals surface area contributed by atoms with E-state index in [4.69, 9.17) is 10.7 Å². The number of rotatable bonds is 2. The number of allylic oxidation sites excluding steroid dienone is 2. The first-order valence-corrected chi connectivity index (χ1v) is 9.32. The highest BCUT2D eigenvalue weighted by Crippen LogP contribution is 2.47. The maximum Gasteiger partial charge on any atom is 0.201 e. The van der Waals surface area contributed by atoms with Gasteiger partial charge < -0.3 is 5.73 Å². The average molecular weight is 352 g/mol. The van der Waals surface area contributed by atoms with Gasteiger partial charge in [0.05, 0.1) is 10.8 Å². The van der Waals surface area contributed by atoms with E-state index in [-0.39, 0.29) is 28.3 Å². The summed E-state index contributed by atoms with van der Waals surface area (Å²) >= 11 is 1.42. The van der Waals surface area contributed by atoms with Gasteiger partial charge in [-0.1, -0.05) is 62.0 Å². The Morgan fingerprint density at radius 3 is 2.68 bits per heavy atom. The van der Waals surface area contributed by atoms with Gasteiger partial charge in [-0.15, -0.1) is 0 Å². The Kier molecular flexibility index (Phi) is 3.72. The van der Waals surface area contributed by atoms with E-state index in [1.54, 1.807) is 12.1 Å². The number of hydrogen-bond acceptors (Lipinski definition) is 5. The second-order valence-corrected chi connectivity index (χ2v) is 8.74. The fraction of sp³-hybridized carbons (Fsp3) is 0.350. The van der Waals surface area contributed by atoms with Gasteiger partial charge >= 0.3 is 0 Å². The predicted octanol–water partition coefficient (Wildman–Crippen LogP) is 3.50. The Bertz CT molecular complexity index is 865. The first-order valence-electron chi connectivity index (χ1n) is 8.44.